The summed E-state index contributed by atoms with van der Waals surface area (Å²) in [4.78, 5) is 4.73. The van der Waals surface area contributed by atoms with E-state index in [0.717, 1.165) is 50.1 Å². The number of methoxy groups -OCH3 is 1. The Morgan fingerprint density at radius 3 is 2.59 bits per heavy atom. The van der Waals surface area contributed by atoms with E-state index < -0.39 is 0 Å². The summed E-state index contributed by atoms with van der Waals surface area (Å²) in [6, 6.07) is 10.7. The molecule has 0 bridgehead atoms. The lowest BCUT2D eigenvalue weighted by Gasteiger charge is -2.19. The van der Waals surface area contributed by atoms with Crippen LogP contribution in [0, 0.1) is 12.3 Å². The van der Waals surface area contributed by atoms with Crippen molar-refractivity contribution in [1.82, 2.24) is 25.4 Å². The molecule has 2 N–H and O–H groups in total. The van der Waals surface area contributed by atoms with Gasteiger partial charge in [0.2, 0.25) is 0 Å². The Bertz CT molecular complexity index is 773. The van der Waals surface area contributed by atoms with Crippen LogP contribution in [0.1, 0.15) is 36.5 Å². The SMILES string of the molecule is COCCCNC(=NCc1nnc(C)n1C)NCC1(Cc2ccccc2)CC1.I. The van der Waals surface area contributed by atoms with Crippen LogP contribution < -0.4 is 10.6 Å². The topological polar surface area (TPSA) is 76.4 Å². The van der Waals surface area contributed by atoms with Crippen LogP contribution in [-0.2, 0) is 24.8 Å². The fraction of sp³-hybridized carbons (Fsp3) is 0.571. The molecule has 0 atom stereocenters. The largest absolute Gasteiger partial charge is 0.385 e. The molecule has 0 radical (unpaired) electrons. The lowest BCUT2D eigenvalue weighted by Crippen LogP contribution is -2.41. The molecule has 0 saturated heterocycles. The van der Waals surface area contributed by atoms with E-state index in [1.165, 1.54) is 18.4 Å². The minimum absolute atomic E-state index is 0. The second-order valence-electron chi connectivity index (χ2n) is 7.68. The lowest BCUT2D eigenvalue weighted by atomic mass is 9.96. The van der Waals surface area contributed by atoms with Gasteiger partial charge in [-0.1, -0.05) is 30.3 Å². The Morgan fingerprint density at radius 2 is 1.97 bits per heavy atom. The zero-order valence-corrected chi connectivity index (χ0v) is 20.0. The first-order valence-corrected chi connectivity index (χ1v) is 10.0. The van der Waals surface area contributed by atoms with Gasteiger partial charge in [-0.15, -0.1) is 34.2 Å². The molecule has 1 aliphatic carbocycles. The Labute approximate surface area is 190 Å². The third-order valence-corrected chi connectivity index (χ3v) is 5.39. The molecule has 1 aliphatic rings. The van der Waals surface area contributed by atoms with Crippen LogP contribution in [0.25, 0.3) is 0 Å². The van der Waals surface area contributed by atoms with Gasteiger partial charge < -0.3 is 19.9 Å². The third kappa shape index (κ3) is 7.26. The first-order valence-electron chi connectivity index (χ1n) is 10.0. The molecule has 0 amide bonds. The summed E-state index contributed by atoms with van der Waals surface area (Å²) < 4.78 is 7.12. The van der Waals surface area contributed by atoms with Crippen LogP contribution in [0.3, 0.4) is 0 Å². The van der Waals surface area contributed by atoms with Crippen LogP contribution in [0.15, 0.2) is 35.3 Å². The van der Waals surface area contributed by atoms with E-state index in [4.69, 9.17) is 9.73 Å². The maximum Gasteiger partial charge on any atom is 0.191 e. The van der Waals surface area contributed by atoms with Gasteiger partial charge in [0, 0.05) is 33.9 Å². The molecular formula is C21H33IN6O. The number of halogens is 1. The fourth-order valence-corrected chi connectivity index (χ4v) is 3.23. The number of aromatic nitrogens is 3. The number of aryl methyl sites for hydroxylation is 1. The molecule has 1 fully saturated rings. The van der Waals surface area contributed by atoms with Gasteiger partial charge in [0.15, 0.2) is 11.8 Å². The summed E-state index contributed by atoms with van der Waals surface area (Å²) >= 11 is 0. The standard InChI is InChI=1S/C21H32N6O.HI/c1-17-25-26-19(27(17)2)15-23-20(22-12-7-13-28-3)24-16-21(10-11-21)14-18-8-5-4-6-9-18;/h4-6,8-9H,7,10-16H2,1-3H3,(H2,22,23,24);1H. The molecule has 1 aromatic heterocycles. The van der Waals surface area contributed by atoms with E-state index in [1.807, 2.05) is 18.5 Å². The van der Waals surface area contributed by atoms with Gasteiger partial charge in [-0.25, -0.2) is 4.99 Å². The molecule has 0 unspecified atom stereocenters. The highest BCUT2D eigenvalue weighted by atomic mass is 127. The summed E-state index contributed by atoms with van der Waals surface area (Å²) in [7, 11) is 3.70. The van der Waals surface area contributed by atoms with Crippen molar-refractivity contribution in [2.24, 2.45) is 17.5 Å². The number of nitrogens with zero attached hydrogens (tertiary/aromatic N) is 4. The quantitative estimate of drug-likeness (QED) is 0.222. The number of hydrogen-bond acceptors (Lipinski definition) is 4. The van der Waals surface area contributed by atoms with E-state index in [0.29, 0.717) is 12.0 Å². The predicted octanol–water partition coefficient (Wildman–Crippen LogP) is 2.84. The fourth-order valence-electron chi connectivity index (χ4n) is 3.23. The van der Waals surface area contributed by atoms with Crippen molar-refractivity contribution >= 4 is 29.9 Å². The molecule has 1 saturated carbocycles. The van der Waals surface area contributed by atoms with Gasteiger partial charge in [-0.3, -0.25) is 0 Å². The van der Waals surface area contributed by atoms with Crippen molar-refractivity contribution in [2.45, 2.75) is 39.2 Å². The molecule has 160 valence electrons. The molecule has 29 heavy (non-hydrogen) atoms. The summed E-state index contributed by atoms with van der Waals surface area (Å²) in [5.41, 5.74) is 1.75. The lowest BCUT2D eigenvalue weighted by molar-refractivity contribution is 0.195. The number of ether oxygens (including phenoxy) is 1. The predicted molar refractivity (Wildman–Crippen MR) is 127 cm³/mol. The van der Waals surface area contributed by atoms with Gasteiger partial charge in [-0.05, 0) is 43.6 Å². The van der Waals surface area contributed by atoms with E-state index in [-0.39, 0.29) is 24.0 Å². The maximum atomic E-state index is 5.14. The number of rotatable bonds is 10. The highest BCUT2D eigenvalue weighted by Gasteiger charge is 2.42. The average molecular weight is 512 g/mol. The summed E-state index contributed by atoms with van der Waals surface area (Å²) in [6.45, 7) is 4.94. The Kier molecular flexibility index (Phi) is 9.35. The average Bonchev–Trinajstić information content (AvgIpc) is 3.40. The highest BCUT2D eigenvalue weighted by molar-refractivity contribution is 14.0. The van der Waals surface area contributed by atoms with Gasteiger partial charge in [0.05, 0.1) is 0 Å². The minimum Gasteiger partial charge on any atom is -0.385 e. The molecule has 3 rings (SSSR count). The van der Waals surface area contributed by atoms with Crippen molar-refractivity contribution in [3.05, 3.63) is 47.5 Å². The summed E-state index contributed by atoms with van der Waals surface area (Å²) in [6.07, 6.45) is 4.57. The van der Waals surface area contributed by atoms with Gasteiger partial charge in [-0.2, -0.15) is 0 Å². The van der Waals surface area contributed by atoms with Crippen molar-refractivity contribution in [2.75, 3.05) is 26.8 Å². The van der Waals surface area contributed by atoms with Crippen LogP contribution in [0.5, 0.6) is 0 Å². The second-order valence-corrected chi connectivity index (χ2v) is 7.68. The smallest absolute Gasteiger partial charge is 0.191 e. The number of aliphatic imine (C=N–C) groups is 1. The van der Waals surface area contributed by atoms with Crippen LogP contribution >= 0.6 is 24.0 Å². The van der Waals surface area contributed by atoms with E-state index in [1.54, 1.807) is 7.11 Å². The number of nitrogens with one attached hydrogen (secondary N) is 2. The third-order valence-electron chi connectivity index (χ3n) is 5.39. The second kappa shape index (κ2) is 11.5. The van der Waals surface area contributed by atoms with Gasteiger partial charge in [0.1, 0.15) is 12.4 Å². The monoisotopic (exact) mass is 512 g/mol. The molecule has 2 aromatic rings. The molecule has 1 aromatic carbocycles. The van der Waals surface area contributed by atoms with Crippen molar-refractivity contribution in [3.8, 4) is 0 Å². The van der Waals surface area contributed by atoms with Crippen molar-refractivity contribution in [1.29, 1.82) is 0 Å². The number of benzene rings is 1. The first-order chi connectivity index (χ1) is 13.6. The summed E-state index contributed by atoms with van der Waals surface area (Å²) in [5, 5.41) is 15.3. The number of guanidine groups is 1. The van der Waals surface area contributed by atoms with Gasteiger partial charge >= 0.3 is 0 Å². The zero-order chi connectivity index (χ0) is 19.8. The van der Waals surface area contributed by atoms with E-state index in [9.17, 15) is 0 Å². The number of hydrogen-bond donors (Lipinski definition) is 2. The normalized spacial score (nSPS) is 14.9. The van der Waals surface area contributed by atoms with E-state index >= 15 is 0 Å². The first kappa shape index (κ1) is 23.6. The van der Waals surface area contributed by atoms with Crippen LogP contribution in [0.2, 0.25) is 0 Å². The Hall–Kier alpha value is -1.68. The molecule has 7 nitrogen and oxygen atoms in total. The molecule has 0 aliphatic heterocycles. The molecular weight excluding hydrogens is 479 g/mol. The molecule has 1 heterocycles. The minimum atomic E-state index is 0. The highest BCUT2D eigenvalue weighted by Crippen LogP contribution is 2.47. The Balaban J connectivity index is 0.00000300. The maximum absolute atomic E-state index is 5.14. The van der Waals surface area contributed by atoms with Crippen LogP contribution in [-0.4, -0.2) is 47.5 Å². The van der Waals surface area contributed by atoms with Gasteiger partial charge in [0.25, 0.3) is 0 Å². The van der Waals surface area contributed by atoms with Crippen LogP contribution in [0.4, 0.5) is 0 Å². The van der Waals surface area contributed by atoms with Crippen molar-refractivity contribution in [3.63, 3.8) is 0 Å². The molecule has 8 heteroatoms. The molecule has 0 spiro atoms. The Morgan fingerprint density at radius 1 is 1.21 bits per heavy atom. The summed E-state index contributed by atoms with van der Waals surface area (Å²) in [5.74, 6) is 2.59. The van der Waals surface area contributed by atoms with Crippen molar-refractivity contribution < 1.29 is 4.74 Å². The van der Waals surface area contributed by atoms with E-state index in [2.05, 4.69) is 51.2 Å². The zero-order valence-electron chi connectivity index (χ0n) is 17.6.